The van der Waals surface area contributed by atoms with Crippen LogP contribution in [-0.2, 0) is 0 Å². The Hall–Kier alpha value is -1.38. The van der Waals surface area contributed by atoms with Gasteiger partial charge in [-0.05, 0) is 18.9 Å². The van der Waals surface area contributed by atoms with Gasteiger partial charge in [0.15, 0.2) is 6.29 Å². The fourth-order valence-corrected chi connectivity index (χ4v) is 1.06. The smallest absolute Gasteiger partial charge is 0.151 e. The second-order valence-electron chi connectivity index (χ2n) is 3.04. The Morgan fingerprint density at radius 1 is 1.50 bits per heavy atom. The number of hydrogen-bond acceptors (Lipinski definition) is 3. The Morgan fingerprint density at radius 2 is 2.33 bits per heavy atom. The third-order valence-corrected chi connectivity index (χ3v) is 1.84. The van der Waals surface area contributed by atoms with Gasteiger partial charge in [-0.15, -0.1) is 0 Å². The molecule has 0 aliphatic heterocycles. The number of nitrogens with one attached hydrogen (secondary N) is 1. The van der Waals surface area contributed by atoms with Crippen molar-refractivity contribution in [3.63, 3.8) is 0 Å². The lowest BCUT2D eigenvalue weighted by Crippen LogP contribution is -2.01. The third-order valence-electron chi connectivity index (χ3n) is 1.84. The van der Waals surface area contributed by atoms with E-state index in [4.69, 9.17) is 0 Å². The molecule has 1 aromatic heterocycles. The zero-order chi connectivity index (χ0) is 8.39. The Morgan fingerprint density at radius 3 is 3.00 bits per heavy atom. The van der Waals surface area contributed by atoms with E-state index in [0.29, 0.717) is 11.6 Å². The molecule has 0 unspecified atom stereocenters. The van der Waals surface area contributed by atoms with Crippen LogP contribution in [0.5, 0.6) is 0 Å². The van der Waals surface area contributed by atoms with Crippen LogP contribution in [0, 0.1) is 0 Å². The van der Waals surface area contributed by atoms with Gasteiger partial charge >= 0.3 is 0 Å². The van der Waals surface area contributed by atoms with Crippen LogP contribution in [0.2, 0.25) is 0 Å². The SMILES string of the molecule is O=Cc1cncc(NC2CC2)c1. The zero-order valence-electron chi connectivity index (χ0n) is 6.66. The second kappa shape index (κ2) is 2.93. The molecular formula is C9H10N2O. The van der Waals surface area contributed by atoms with Crippen LogP contribution in [0.1, 0.15) is 23.2 Å². The molecule has 1 aliphatic rings. The maximum atomic E-state index is 10.4. The van der Waals surface area contributed by atoms with Crippen molar-refractivity contribution in [3.8, 4) is 0 Å². The third kappa shape index (κ3) is 1.61. The van der Waals surface area contributed by atoms with Gasteiger partial charge in [0.05, 0.1) is 5.69 Å². The summed E-state index contributed by atoms with van der Waals surface area (Å²) in [6.07, 6.45) is 6.57. The van der Waals surface area contributed by atoms with Crippen molar-refractivity contribution in [1.82, 2.24) is 4.98 Å². The van der Waals surface area contributed by atoms with Crippen LogP contribution >= 0.6 is 0 Å². The molecule has 1 aliphatic carbocycles. The predicted molar refractivity (Wildman–Crippen MR) is 46.3 cm³/mol. The number of rotatable bonds is 3. The summed E-state index contributed by atoms with van der Waals surface area (Å²) < 4.78 is 0. The monoisotopic (exact) mass is 162 g/mol. The number of carbonyl (C=O) groups excluding carboxylic acids is 1. The Bertz CT molecular complexity index is 294. The maximum Gasteiger partial charge on any atom is 0.151 e. The Kier molecular flexibility index (Phi) is 1.78. The molecule has 0 atom stereocenters. The molecule has 62 valence electrons. The van der Waals surface area contributed by atoms with E-state index in [1.807, 2.05) is 6.07 Å². The normalized spacial score (nSPS) is 15.7. The van der Waals surface area contributed by atoms with E-state index in [2.05, 4.69) is 10.3 Å². The lowest BCUT2D eigenvalue weighted by Gasteiger charge is -2.02. The molecule has 0 amide bonds. The number of aldehydes is 1. The molecule has 2 rings (SSSR count). The van der Waals surface area contributed by atoms with Crippen molar-refractivity contribution in [1.29, 1.82) is 0 Å². The van der Waals surface area contributed by atoms with E-state index in [1.165, 1.54) is 12.8 Å². The van der Waals surface area contributed by atoms with Crippen molar-refractivity contribution in [2.75, 3.05) is 5.32 Å². The minimum absolute atomic E-state index is 0.605. The zero-order valence-corrected chi connectivity index (χ0v) is 6.66. The predicted octanol–water partition coefficient (Wildman–Crippen LogP) is 1.47. The molecule has 1 saturated carbocycles. The minimum Gasteiger partial charge on any atom is -0.381 e. The fourth-order valence-electron chi connectivity index (χ4n) is 1.06. The first-order valence-electron chi connectivity index (χ1n) is 4.05. The van der Waals surface area contributed by atoms with E-state index < -0.39 is 0 Å². The molecule has 1 N–H and O–H groups in total. The van der Waals surface area contributed by atoms with Crippen molar-refractivity contribution >= 4 is 12.0 Å². The Balaban J connectivity index is 2.13. The van der Waals surface area contributed by atoms with Crippen molar-refractivity contribution in [2.45, 2.75) is 18.9 Å². The average molecular weight is 162 g/mol. The van der Waals surface area contributed by atoms with Gasteiger partial charge in [-0.1, -0.05) is 0 Å². The van der Waals surface area contributed by atoms with E-state index in [1.54, 1.807) is 12.4 Å². The standard InChI is InChI=1S/C9H10N2O/c12-6-7-3-9(5-10-4-7)11-8-1-2-8/h3-6,8,11H,1-2H2. The first kappa shape index (κ1) is 7.28. The number of nitrogens with zero attached hydrogens (tertiary/aromatic N) is 1. The summed E-state index contributed by atoms with van der Waals surface area (Å²) in [7, 11) is 0. The molecule has 0 aromatic carbocycles. The minimum atomic E-state index is 0.605. The van der Waals surface area contributed by atoms with E-state index in [0.717, 1.165) is 12.0 Å². The van der Waals surface area contributed by atoms with Crippen molar-refractivity contribution < 1.29 is 4.79 Å². The summed E-state index contributed by atoms with van der Waals surface area (Å²) >= 11 is 0. The summed E-state index contributed by atoms with van der Waals surface area (Å²) in [5.41, 5.74) is 1.57. The van der Waals surface area contributed by atoms with Crippen LogP contribution in [0.4, 0.5) is 5.69 Å². The molecule has 0 spiro atoms. The van der Waals surface area contributed by atoms with Crippen molar-refractivity contribution in [2.24, 2.45) is 0 Å². The van der Waals surface area contributed by atoms with Crippen LogP contribution in [0.3, 0.4) is 0 Å². The number of pyridine rings is 1. The molecule has 3 nitrogen and oxygen atoms in total. The Labute approximate surface area is 70.8 Å². The van der Waals surface area contributed by atoms with Gasteiger partial charge in [0, 0.05) is 24.0 Å². The molecule has 1 heterocycles. The van der Waals surface area contributed by atoms with Gasteiger partial charge in [0.2, 0.25) is 0 Å². The molecule has 0 radical (unpaired) electrons. The fraction of sp³-hybridized carbons (Fsp3) is 0.333. The highest BCUT2D eigenvalue weighted by Gasteiger charge is 2.20. The lowest BCUT2D eigenvalue weighted by atomic mass is 10.3. The average Bonchev–Trinajstić information content (AvgIpc) is 2.89. The molecular weight excluding hydrogens is 152 g/mol. The first-order valence-corrected chi connectivity index (χ1v) is 4.05. The second-order valence-corrected chi connectivity index (χ2v) is 3.04. The number of carbonyl (C=O) groups is 1. The molecule has 3 heteroatoms. The molecule has 0 saturated heterocycles. The van der Waals surface area contributed by atoms with Crippen molar-refractivity contribution in [3.05, 3.63) is 24.0 Å². The van der Waals surface area contributed by atoms with E-state index in [-0.39, 0.29) is 0 Å². The largest absolute Gasteiger partial charge is 0.381 e. The molecule has 12 heavy (non-hydrogen) atoms. The van der Waals surface area contributed by atoms with E-state index in [9.17, 15) is 4.79 Å². The quantitative estimate of drug-likeness (QED) is 0.684. The number of anilines is 1. The summed E-state index contributed by atoms with van der Waals surface area (Å²) in [5.74, 6) is 0. The lowest BCUT2D eigenvalue weighted by molar-refractivity contribution is 0.112. The van der Waals surface area contributed by atoms with Gasteiger partial charge in [-0.25, -0.2) is 0 Å². The van der Waals surface area contributed by atoms with Gasteiger partial charge in [0.1, 0.15) is 0 Å². The van der Waals surface area contributed by atoms with Gasteiger partial charge in [-0.2, -0.15) is 0 Å². The number of hydrogen-bond donors (Lipinski definition) is 1. The topological polar surface area (TPSA) is 42.0 Å². The van der Waals surface area contributed by atoms with Crippen LogP contribution in [0.25, 0.3) is 0 Å². The molecule has 1 fully saturated rings. The highest BCUT2D eigenvalue weighted by molar-refractivity contribution is 5.76. The maximum absolute atomic E-state index is 10.4. The highest BCUT2D eigenvalue weighted by Crippen LogP contribution is 2.24. The molecule has 0 bridgehead atoms. The summed E-state index contributed by atoms with van der Waals surface area (Å²) in [6.45, 7) is 0. The summed E-state index contributed by atoms with van der Waals surface area (Å²) in [4.78, 5) is 14.3. The summed E-state index contributed by atoms with van der Waals surface area (Å²) in [6, 6.07) is 2.42. The summed E-state index contributed by atoms with van der Waals surface area (Å²) in [5, 5.41) is 3.27. The van der Waals surface area contributed by atoms with Gasteiger partial charge in [-0.3, -0.25) is 9.78 Å². The highest BCUT2D eigenvalue weighted by atomic mass is 16.1. The van der Waals surface area contributed by atoms with Crippen LogP contribution in [-0.4, -0.2) is 17.3 Å². The van der Waals surface area contributed by atoms with Gasteiger partial charge in [0.25, 0.3) is 0 Å². The first-order chi connectivity index (χ1) is 5.88. The van der Waals surface area contributed by atoms with E-state index >= 15 is 0 Å². The van der Waals surface area contributed by atoms with Gasteiger partial charge < -0.3 is 5.32 Å². The number of aromatic nitrogens is 1. The molecule has 1 aromatic rings. The van der Waals surface area contributed by atoms with Crippen LogP contribution in [0.15, 0.2) is 18.5 Å². The van der Waals surface area contributed by atoms with Crippen LogP contribution < -0.4 is 5.32 Å².